The number of aromatic amines is 1. The number of hydrogen-bond acceptors (Lipinski definition) is 4. The molecule has 1 aliphatic heterocycles. The zero-order valence-corrected chi connectivity index (χ0v) is 17.1. The van der Waals surface area contributed by atoms with E-state index in [-0.39, 0.29) is 36.1 Å². The summed E-state index contributed by atoms with van der Waals surface area (Å²) in [6.07, 6.45) is 1.34. The third-order valence-corrected chi connectivity index (χ3v) is 5.36. The smallest absolute Gasteiger partial charge is 0.354 e. The van der Waals surface area contributed by atoms with Gasteiger partial charge in [-0.1, -0.05) is 36.4 Å². The van der Waals surface area contributed by atoms with Gasteiger partial charge >= 0.3 is 5.97 Å². The van der Waals surface area contributed by atoms with Crippen molar-refractivity contribution in [1.82, 2.24) is 10.3 Å². The predicted octanol–water partition coefficient (Wildman–Crippen LogP) is 4.02. The van der Waals surface area contributed by atoms with Gasteiger partial charge in [0.25, 0.3) is 0 Å². The lowest BCUT2D eigenvalue weighted by molar-refractivity contribution is -0.120. The van der Waals surface area contributed by atoms with E-state index in [4.69, 9.17) is 4.74 Å². The highest BCUT2D eigenvalue weighted by molar-refractivity contribution is 5.95. The van der Waals surface area contributed by atoms with Crippen LogP contribution in [0.3, 0.4) is 0 Å². The monoisotopic (exact) mass is 412 g/mol. The van der Waals surface area contributed by atoms with Gasteiger partial charge < -0.3 is 15.0 Å². The summed E-state index contributed by atoms with van der Waals surface area (Å²) in [7, 11) is 0. The highest BCUT2D eigenvalue weighted by Crippen LogP contribution is 2.29. The van der Waals surface area contributed by atoms with E-state index in [0.717, 1.165) is 29.4 Å². The van der Waals surface area contributed by atoms with Crippen LogP contribution in [0.1, 0.15) is 40.9 Å². The lowest BCUT2D eigenvalue weighted by atomic mass is 9.88. The van der Waals surface area contributed by atoms with Gasteiger partial charge in [0.1, 0.15) is 5.69 Å². The number of ketones is 1. The van der Waals surface area contributed by atoms with Crippen LogP contribution in [-0.4, -0.2) is 35.9 Å². The first kappa shape index (κ1) is 21.1. The summed E-state index contributed by atoms with van der Waals surface area (Å²) in [5.41, 5.74) is 3.46. The molecule has 1 fully saturated rings. The third-order valence-electron chi connectivity index (χ3n) is 5.36. The number of ether oxygens (including phenoxy) is 1. The molecular formula is C23H25ClN2O3. The molecule has 0 bridgehead atoms. The van der Waals surface area contributed by atoms with Gasteiger partial charge in [0.05, 0.1) is 12.6 Å². The summed E-state index contributed by atoms with van der Waals surface area (Å²) in [4.78, 5) is 28.0. The summed E-state index contributed by atoms with van der Waals surface area (Å²) in [6.45, 7) is 2.98. The van der Waals surface area contributed by atoms with E-state index in [2.05, 4.69) is 22.4 Å². The molecule has 2 N–H and O–H groups in total. The number of esters is 1. The maximum absolute atomic E-state index is 13.0. The summed E-state index contributed by atoms with van der Waals surface area (Å²) in [6, 6.07) is 17.7. The number of aromatic nitrogens is 1. The fourth-order valence-electron chi connectivity index (χ4n) is 4.02. The molecule has 0 amide bonds. The van der Waals surface area contributed by atoms with E-state index in [9.17, 15) is 9.59 Å². The normalized spacial score (nSPS) is 18.4. The van der Waals surface area contributed by atoms with Crippen LogP contribution in [0.4, 0.5) is 0 Å². The number of carbonyl (C=O) groups excluding carboxylic acids is 2. The molecule has 29 heavy (non-hydrogen) atoms. The number of carbonyl (C=O) groups is 2. The molecule has 1 aliphatic rings. The number of benzene rings is 2. The van der Waals surface area contributed by atoms with Crippen LogP contribution < -0.4 is 5.32 Å². The quantitative estimate of drug-likeness (QED) is 0.600. The number of hydrogen-bond donors (Lipinski definition) is 2. The third kappa shape index (κ3) is 4.52. The fraction of sp³-hybridized carbons (Fsp3) is 0.304. The Bertz CT molecular complexity index is 1000. The first-order valence-electron chi connectivity index (χ1n) is 9.75. The van der Waals surface area contributed by atoms with Crippen molar-refractivity contribution >= 4 is 35.1 Å². The molecule has 0 unspecified atom stereocenters. The van der Waals surface area contributed by atoms with Crippen molar-refractivity contribution in [2.24, 2.45) is 0 Å². The van der Waals surface area contributed by atoms with E-state index >= 15 is 0 Å². The number of rotatable bonds is 6. The Balaban J connectivity index is 0.00000240. The Morgan fingerprint density at radius 3 is 2.66 bits per heavy atom. The van der Waals surface area contributed by atoms with Gasteiger partial charge in [0, 0.05) is 23.2 Å². The first-order valence-corrected chi connectivity index (χ1v) is 9.75. The van der Waals surface area contributed by atoms with Crippen molar-refractivity contribution < 1.29 is 14.3 Å². The lowest BCUT2D eigenvalue weighted by Crippen LogP contribution is -2.35. The molecule has 1 saturated heterocycles. The molecule has 6 heteroatoms. The van der Waals surface area contributed by atoms with E-state index in [0.29, 0.717) is 18.7 Å². The molecular weight excluding hydrogens is 388 g/mol. The topological polar surface area (TPSA) is 71.2 Å². The van der Waals surface area contributed by atoms with E-state index in [1.54, 1.807) is 13.0 Å². The van der Waals surface area contributed by atoms with Crippen LogP contribution in [0.2, 0.25) is 0 Å². The minimum Gasteiger partial charge on any atom is -0.461 e. The number of halogens is 1. The van der Waals surface area contributed by atoms with Gasteiger partial charge in [0.15, 0.2) is 5.78 Å². The van der Waals surface area contributed by atoms with Gasteiger partial charge in [-0.15, -0.1) is 12.4 Å². The van der Waals surface area contributed by atoms with Crippen molar-refractivity contribution in [2.75, 3.05) is 13.2 Å². The average molecular weight is 413 g/mol. The van der Waals surface area contributed by atoms with Gasteiger partial charge in [0.2, 0.25) is 0 Å². The number of fused-ring (bicyclic) bond motifs is 1. The molecule has 0 spiro atoms. The Labute approximate surface area is 176 Å². The molecule has 5 nitrogen and oxygen atoms in total. The minimum atomic E-state index is -0.364. The molecule has 152 valence electrons. The predicted molar refractivity (Wildman–Crippen MR) is 116 cm³/mol. The fourth-order valence-corrected chi connectivity index (χ4v) is 4.02. The molecule has 3 aromatic rings. The van der Waals surface area contributed by atoms with E-state index < -0.39 is 0 Å². The standard InChI is InChI=1S/C23H24N2O3.ClH/c1-2-28-23(27)20-14-17-12-15(8-9-19(17)25-20)13-21(26)22-18(10-11-24-22)16-6-4-3-5-7-16;/h3-9,12,14,18,22,24-25H,2,10-11,13H2,1H3;1H/t18-,22+;/m1./s1. The van der Waals surface area contributed by atoms with Crippen molar-refractivity contribution in [3.05, 3.63) is 71.4 Å². The minimum absolute atomic E-state index is 0. The second-order valence-electron chi connectivity index (χ2n) is 7.21. The van der Waals surface area contributed by atoms with Crippen molar-refractivity contribution in [3.8, 4) is 0 Å². The average Bonchev–Trinajstić information content (AvgIpc) is 3.36. The number of nitrogens with one attached hydrogen (secondary N) is 2. The van der Waals surface area contributed by atoms with E-state index in [1.165, 1.54) is 5.56 Å². The molecule has 2 atom stereocenters. The second-order valence-corrected chi connectivity index (χ2v) is 7.21. The highest BCUT2D eigenvalue weighted by atomic mass is 35.5. The molecule has 0 saturated carbocycles. The number of Topliss-reactive ketones (excluding diaryl/α,β-unsaturated/α-hetero) is 1. The second kappa shape index (κ2) is 9.25. The van der Waals surface area contributed by atoms with Crippen LogP contribution in [0.25, 0.3) is 10.9 Å². The van der Waals surface area contributed by atoms with Gasteiger partial charge in [-0.25, -0.2) is 4.79 Å². The Morgan fingerprint density at radius 2 is 1.90 bits per heavy atom. The molecule has 0 aliphatic carbocycles. The van der Waals surface area contributed by atoms with Crippen molar-refractivity contribution in [1.29, 1.82) is 0 Å². The molecule has 2 aromatic carbocycles. The Hall–Kier alpha value is -2.63. The van der Waals surface area contributed by atoms with Crippen LogP contribution in [-0.2, 0) is 16.0 Å². The maximum Gasteiger partial charge on any atom is 0.354 e. The SMILES string of the molecule is CCOC(=O)c1cc2cc(CC(=O)[C@H]3NCC[C@@H]3c3ccccc3)ccc2[nH]1.Cl. The van der Waals surface area contributed by atoms with Crippen LogP contribution >= 0.6 is 12.4 Å². The van der Waals surface area contributed by atoms with Crippen molar-refractivity contribution in [3.63, 3.8) is 0 Å². The van der Waals surface area contributed by atoms with E-state index in [1.807, 2.05) is 36.4 Å². The van der Waals surface area contributed by atoms with Gasteiger partial charge in [-0.3, -0.25) is 4.79 Å². The largest absolute Gasteiger partial charge is 0.461 e. The van der Waals surface area contributed by atoms with Gasteiger partial charge in [-0.2, -0.15) is 0 Å². The first-order chi connectivity index (χ1) is 13.7. The molecule has 0 radical (unpaired) electrons. The highest BCUT2D eigenvalue weighted by Gasteiger charge is 2.33. The number of H-pyrrole nitrogens is 1. The van der Waals surface area contributed by atoms with Crippen LogP contribution in [0.15, 0.2) is 54.6 Å². The summed E-state index contributed by atoms with van der Waals surface area (Å²) in [5, 5.41) is 4.29. The summed E-state index contributed by atoms with van der Waals surface area (Å²) < 4.78 is 5.04. The summed E-state index contributed by atoms with van der Waals surface area (Å²) in [5.74, 6) is 0.0594. The zero-order valence-electron chi connectivity index (χ0n) is 16.3. The van der Waals surface area contributed by atoms with Crippen molar-refractivity contribution in [2.45, 2.75) is 31.7 Å². The Kier molecular flexibility index (Phi) is 6.72. The maximum atomic E-state index is 13.0. The molecule has 1 aromatic heterocycles. The molecule has 2 heterocycles. The van der Waals surface area contributed by atoms with Gasteiger partial charge in [-0.05, 0) is 49.2 Å². The Morgan fingerprint density at radius 1 is 1.10 bits per heavy atom. The van der Waals surface area contributed by atoms with Crippen LogP contribution in [0, 0.1) is 0 Å². The summed E-state index contributed by atoms with van der Waals surface area (Å²) >= 11 is 0. The lowest BCUT2D eigenvalue weighted by Gasteiger charge is -2.19. The molecule has 4 rings (SSSR count). The van der Waals surface area contributed by atoms with Crippen LogP contribution in [0.5, 0.6) is 0 Å². The zero-order chi connectivity index (χ0) is 19.5.